The summed E-state index contributed by atoms with van der Waals surface area (Å²) in [6.45, 7) is 0. The number of benzene rings is 1. The van der Waals surface area contributed by atoms with Crippen molar-refractivity contribution in [2.45, 2.75) is 4.90 Å². The molecule has 1 aromatic carbocycles. The number of halogens is 3. The van der Waals surface area contributed by atoms with E-state index in [-0.39, 0.29) is 20.0 Å². The van der Waals surface area contributed by atoms with Gasteiger partial charge in [0.25, 0.3) is 10.1 Å². The average Bonchev–Trinajstić information content (AvgIpc) is 2.11. The van der Waals surface area contributed by atoms with E-state index in [0.29, 0.717) is 0 Å². The molecule has 0 fully saturated rings. The van der Waals surface area contributed by atoms with Crippen LogP contribution in [0.5, 0.6) is 0 Å². The summed E-state index contributed by atoms with van der Waals surface area (Å²) in [4.78, 5) is -0.261. The number of hydrogen-bond acceptors (Lipinski definition) is 3. The number of hydrogen-bond donors (Lipinski definition) is 0. The second-order valence-corrected chi connectivity index (χ2v) is 5.07. The van der Waals surface area contributed by atoms with Gasteiger partial charge in [-0.15, -0.1) is 0 Å². The predicted molar refractivity (Wildman–Crippen MR) is 55.1 cm³/mol. The van der Waals surface area contributed by atoms with E-state index in [0.717, 1.165) is 6.07 Å². The van der Waals surface area contributed by atoms with Crippen molar-refractivity contribution in [3.05, 3.63) is 34.3 Å². The molecule has 0 aliphatic heterocycles. The van der Waals surface area contributed by atoms with Crippen molar-refractivity contribution in [3.8, 4) is 0 Å². The highest BCUT2D eigenvalue weighted by Gasteiger charge is 2.19. The van der Waals surface area contributed by atoms with Crippen molar-refractivity contribution in [1.82, 2.24) is 0 Å². The van der Waals surface area contributed by atoms with Gasteiger partial charge in [0, 0.05) is 0 Å². The molecule has 0 saturated carbocycles. The van der Waals surface area contributed by atoms with Crippen molar-refractivity contribution < 1.29 is 12.6 Å². The maximum absolute atomic E-state index is 11.2. The zero-order chi connectivity index (χ0) is 10.9. The normalized spacial score (nSPS) is 11.7. The summed E-state index contributed by atoms with van der Waals surface area (Å²) < 4.78 is 26.5. The Morgan fingerprint density at radius 3 is 2.07 bits per heavy atom. The molecule has 14 heavy (non-hydrogen) atoms. The summed E-state index contributed by atoms with van der Waals surface area (Å²) in [6.07, 6.45) is 0. The highest BCUT2D eigenvalue weighted by atomic mass is 35.5. The van der Waals surface area contributed by atoms with Gasteiger partial charge in [0.2, 0.25) is 0 Å². The lowest BCUT2D eigenvalue weighted by Crippen LogP contribution is -2.02. The molecule has 0 aliphatic rings. The molecule has 3 nitrogen and oxygen atoms in total. The summed E-state index contributed by atoms with van der Waals surface area (Å²) in [5.41, 5.74) is 0. The van der Waals surface area contributed by atoms with Crippen LogP contribution in [0, 0.1) is 7.11 Å². The summed E-state index contributed by atoms with van der Waals surface area (Å²) in [5.74, 6) is 0. The third kappa shape index (κ3) is 2.32. The number of rotatable bonds is 2. The minimum atomic E-state index is -3.95. The van der Waals surface area contributed by atoms with Gasteiger partial charge >= 0.3 is 0 Å². The second-order valence-electron chi connectivity index (χ2n) is 2.27. The Bertz CT molecular complexity index is 455. The lowest BCUT2D eigenvalue weighted by atomic mass is 10.4. The molecule has 77 valence electrons. The van der Waals surface area contributed by atoms with E-state index < -0.39 is 10.1 Å². The SMILES string of the molecule is [CH2]OS(=O)(=O)c1cc(Cl)c(Cl)cc1Cl. The highest BCUT2D eigenvalue weighted by molar-refractivity contribution is 7.87. The average molecular weight is 275 g/mol. The van der Waals surface area contributed by atoms with Gasteiger partial charge in [-0.1, -0.05) is 34.8 Å². The molecule has 0 heterocycles. The molecule has 0 bridgehead atoms. The summed E-state index contributed by atoms with van der Waals surface area (Å²) in [6, 6.07) is 2.32. The van der Waals surface area contributed by atoms with E-state index in [1.807, 2.05) is 0 Å². The fourth-order valence-electron chi connectivity index (χ4n) is 0.759. The van der Waals surface area contributed by atoms with E-state index in [9.17, 15) is 8.42 Å². The van der Waals surface area contributed by atoms with Crippen LogP contribution in [0.25, 0.3) is 0 Å². The molecule has 0 saturated heterocycles. The molecule has 0 spiro atoms. The zero-order valence-electron chi connectivity index (χ0n) is 6.63. The molecule has 0 unspecified atom stereocenters. The summed E-state index contributed by atoms with van der Waals surface area (Å²) in [5, 5.41) is 0.175. The van der Waals surface area contributed by atoms with Gasteiger partial charge in [0.1, 0.15) is 4.90 Å². The minimum absolute atomic E-state index is 0.0666. The van der Waals surface area contributed by atoms with Crippen LogP contribution in [0.2, 0.25) is 15.1 Å². The summed E-state index contributed by atoms with van der Waals surface area (Å²) >= 11 is 16.9. The Hall–Kier alpha value is -0.000000000000000111. The van der Waals surface area contributed by atoms with E-state index >= 15 is 0 Å². The minimum Gasteiger partial charge on any atom is -0.264 e. The van der Waals surface area contributed by atoms with Gasteiger partial charge in [-0.3, -0.25) is 4.18 Å². The largest absolute Gasteiger partial charge is 0.298 e. The first-order valence-corrected chi connectivity index (χ1v) is 5.76. The molecule has 1 radical (unpaired) electrons. The monoisotopic (exact) mass is 273 g/mol. The molecular formula is C7H4Cl3O3S. The van der Waals surface area contributed by atoms with Gasteiger partial charge in [-0.2, -0.15) is 8.42 Å². The first kappa shape index (κ1) is 12.1. The Morgan fingerprint density at radius 2 is 1.57 bits per heavy atom. The molecule has 0 N–H and O–H groups in total. The van der Waals surface area contributed by atoms with Crippen molar-refractivity contribution in [2.24, 2.45) is 0 Å². The van der Waals surface area contributed by atoms with Crippen LogP contribution in [0.4, 0.5) is 0 Å². The van der Waals surface area contributed by atoms with Crippen LogP contribution in [0.15, 0.2) is 17.0 Å². The van der Waals surface area contributed by atoms with Gasteiger partial charge in [-0.05, 0) is 12.1 Å². The van der Waals surface area contributed by atoms with Crippen LogP contribution < -0.4 is 0 Å². The van der Waals surface area contributed by atoms with Crippen molar-refractivity contribution >= 4 is 44.9 Å². The third-order valence-corrected chi connectivity index (χ3v) is 3.73. The standard InChI is InChI=1S/C7H4Cl3O3S/c1-13-14(11,12)7-3-5(9)4(8)2-6(7)10/h2-3H,1H2. The third-order valence-electron chi connectivity index (χ3n) is 1.40. The van der Waals surface area contributed by atoms with Crippen LogP contribution >= 0.6 is 34.8 Å². The highest BCUT2D eigenvalue weighted by Crippen LogP contribution is 2.32. The molecule has 1 rings (SSSR count). The first-order chi connectivity index (χ1) is 6.38. The molecular weight excluding hydrogens is 270 g/mol. The molecule has 1 aromatic rings. The Morgan fingerprint density at radius 1 is 1.07 bits per heavy atom. The van der Waals surface area contributed by atoms with Crippen LogP contribution in [-0.2, 0) is 14.3 Å². The second kappa shape index (κ2) is 4.24. The van der Waals surface area contributed by atoms with E-state index in [2.05, 4.69) is 11.3 Å². The molecule has 0 atom stereocenters. The molecule has 0 aromatic heterocycles. The molecule has 7 heteroatoms. The van der Waals surface area contributed by atoms with Crippen molar-refractivity contribution in [2.75, 3.05) is 0 Å². The lowest BCUT2D eigenvalue weighted by molar-refractivity contribution is 0.438. The lowest BCUT2D eigenvalue weighted by Gasteiger charge is -2.05. The molecule has 0 amide bonds. The van der Waals surface area contributed by atoms with Crippen LogP contribution in [0.1, 0.15) is 0 Å². The Balaban J connectivity index is 3.45. The van der Waals surface area contributed by atoms with Gasteiger partial charge in [-0.25, -0.2) is 0 Å². The van der Waals surface area contributed by atoms with E-state index in [1.165, 1.54) is 6.07 Å². The van der Waals surface area contributed by atoms with Gasteiger partial charge in [0.15, 0.2) is 0 Å². The van der Waals surface area contributed by atoms with Crippen molar-refractivity contribution in [3.63, 3.8) is 0 Å². The Kier molecular flexibility index (Phi) is 3.66. The fraction of sp³-hybridized carbons (Fsp3) is 0. The van der Waals surface area contributed by atoms with Crippen molar-refractivity contribution in [1.29, 1.82) is 0 Å². The van der Waals surface area contributed by atoms with Crippen LogP contribution in [0.3, 0.4) is 0 Å². The first-order valence-electron chi connectivity index (χ1n) is 3.21. The quantitative estimate of drug-likeness (QED) is 0.614. The maximum Gasteiger partial charge on any atom is 0.298 e. The molecule has 0 aliphatic carbocycles. The van der Waals surface area contributed by atoms with Crippen LogP contribution in [-0.4, -0.2) is 8.42 Å². The predicted octanol–water partition coefficient (Wildman–Crippen LogP) is 3.14. The summed E-state index contributed by atoms with van der Waals surface area (Å²) in [7, 11) is -1.15. The van der Waals surface area contributed by atoms with Gasteiger partial charge in [0.05, 0.1) is 22.2 Å². The van der Waals surface area contributed by atoms with E-state index in [1.54, 1.807) is 0 Å². The zero-order valence-corrected chi connectivity index (χ0v) is 9.71. The van der Waals surface area contributed by atoms with E-state index in [4.69, 9.17) is 34.8 Å². The smallest absolute Gasteiger partial charge is 0.264 e. The fourth-order valence-corrected chi connectivity index (χ4v) is 2.34. The topological polar surface area (TPSA) is 43.4 Å². The van der Waals surface area contributed by atoms with Gasteiger partial charge < -0.3 is 0 Å². The Labute approximate surface area is 96.7 Å². The maximum atomic E-state index is 11.2.